The lowest BCUT2D eigenvalue weighted by atomic mass is 9.97. The molecule has 0 aromatic carbocycles. The van der Waals surface area contributed by atoms with Gasteiger partial charge in [0.1, 0.15) is 11.5 Å². The third kappa shape index (κ3) is 3.35. The molecule has 124 valence electrons. The summed E-state index contributed by atoms with van der Waals surface area (Å²) < 4.78 is 5.65. The van der Waals surface area contributed by atoms with Gasteiger partial charge in [0.15, 0.2) is 0 Å². The highest BCUT2D eigenvalue weighted by molar-refractivity contribution is 7.17. The van der Waals surface area contributed by atoms with Gasteiger partial charge in [0.2, 0.25) is 0 Å². The van der Waals surface area contributed by atoms with Crippen LogP contribution < -0.4 is 0 Å². The van der Waals surface area contributed by atoms with Gasteiger partial charge in [0, 0.05) is 25.7 Å². The van der Waals surface area contributed by atoms with E-state index in [1.807, 2.05) is 43.1 Å². The van der Waals surface area contributed by atoms with Crippen molar-refractivity contribution in [2.75, 3.05) is 20.6 Å². The molecule has 0 N–H and O–H groups in total. The lowest BCUT2D eigenvalue weighted by molar-refractivity contribution is 0.0603. The molecular weight excluding hydrogens is 308 g/mol. The number of piperidine rings is 1. The van der Waals surface area contributed by atoms with Gasteiger partial charge in [0.25, 0.3) is 5.91 Å². The molecule has 3 rings (SSSR count). The third-order valence-corrected chi connectivity index (χ3v) is 5.94. The van der Waals surface area contributed by atoms with Crippen LogP contribution in [0.15, 0.2) is 28.7 Å². The fraction of sp³-hybridized carbons (Fsp3) is 0.500. The molecule has 4 nitrogen and oxygen atoms in total. The maximum Gasteiger partial charge on any atom is 0.263 e. The van der Waals surface area contributed by atoms with Crippen LogP contribution in [-0.2, 0) is 0 Å². The molecule has 1 fully saturated rings. The van der Waals surface area contributed by atoms with Gasteiger partial charge in [-0.15, -0.1) is 11.3 Å². The van der Waals surface area contributed by atoms with Crippen LogP contribution in [0.4, 0.5) is 0 Å². The summed E-state index contributed by atoms with van der Waals surface area (Å²) >= 11 is 1.51. The second kappa shape index (κ2) is 6.49. The second-order valence-corrected chi connectivity index (χ2v) is 7.58. The van der Waals surface area contributed by atoms with Crippen molar-refractivity contribution < 1.29 is 9.21 Å². The molecular formula is C18H24N2O2S. The Balaban J connectivity index is 1.72. The molecule has 0 radical (unpaired) electrons. The van der Waals surface area contributed by atoms with Crippen molar-refractivity contribution in [3.05, 3.63) is 34.9 Å². The first kappa shape index (κ1) is 16.3. The van der Waals surface area contributed by atoms with E-state index in [1.54, 1.807) is 0 Å². The maximum absolute atomic E-state index is 12.8. The number of rotatable bonds is 3. The van der Waals surface area contributed by atoms with Gasteiger partial charge in [-0.3, -0.25) is 4.79 Å². The molecule has 1 amide bonds. The normalized spacial score (nSPS) is 22.3. The molecule has 0 bridgehead atoms. The van der Waals surface area contributed by atoms with Crippen LogP contribution in [0, 0.1) is 6.92 Å². The summed E-state index contributed by atoms with van der Waals surface area (Å²) in [5.41, 5.74) is 0. The standard InChI is InChI=1S/C18H24N2O2S/c1-12-11-14(9-10-19(12)3)20(4)18(21)17-8-7-16(23-17)15-6-5-13(2)22-15/h5-8,12,14H,9-11H2,1-4H3/t12-,14-/m0/s1. The highest BCUT2D eigenvalue weighted by Gasteiger charge is 2.29. The summed E-state index contributed by atoms with van der Waals surface area (Å²) in [5.74, 6) is 1.84. The van der Waals surface area contributed by atoms with Crippen LogP contribution in [-0.4, -0.2) is 48.4 Å². The monoisotopic (exact) mass is 332 g/mol. The Morgan fingerprint density at radius 3 is 2.78 bits per heavy atom. The number of amides is 1. The topological polar surface area (TPSA) is 36.7 Å². The summed E-state index contributed by atoms with van der Waals surface area (Å²) in [6, 6.07) is 8.63. The number of hydrogen-bond donors (Lipinski definition) is 0. The quantitative estimate of drug-likeness (QED) is 0.856. The van der Waals surface area contributed by atoms with Crippen molar-refractivity contribution >= 4 is 17.2 Å². The summed E-state index contributed by atoms with van der Waals surface area (Å²) in [7, 11) is 4.08. The molecule has 23 heavy (non-hydrogen) atoms. The summed E-state index contributed by atoms with van der Waals surface area (Å²) in [4.78, 5) is 18.8. The Labute approximate surface area is 141 Å². The molecule has 2 aromatic rings. The van der Waals surface area contributed by atoms with Gasteiger partial charge in [-0.05, 0) is 58.0 Å². The minimum Gasteiger partial charge on any atom is -0.461 e. The van der Waals surface area contributed by atoms with Gasteiger partial charge in [-0.1, -0.05) is 0 Å². The number of aryl methyl sites for hydroxylation is 1. The Kier molecular flexibility index (Phi) is 4.60. The molecule has 0 saturated carbocycles. The number of furan rings is 1. The largest absolute Gasteiger partial charge is 0.461 e. The summed E-state index contributed by atoms with van der Waals surface area (Å²) in [5, 5.41) is 0. The van der Waals surface area contributed by atoms with Crippen LogP contribution in [0.5, 0.6) is 0 Å². The number of carbonyl (C=O) groups excluding carboxylic acids is 1. The number of thiophene rings is 1. The van der Waals surface area contributed by atoms with Crippen molar-refractivity contribution in [3.63, 3.8) is 0 Å². The minimum atomic E-state index is 0.117. The first-order valence-corrected chi connectivity index (χ1v) is 8.91. The molecule has 1 aliphatic rings. The Morgan fingerprint density at radius 2 is 2.13 bits per heavy atom. The van der Waals surface area contributed by atoms with Crippen molar-refractivity contribution in [1.29, 1.82) is 0 Å². The molecule has 0 unspecified atom stereocenters. The van der Waals surface area contributed by atoms with E-state index < -0.39 is 0 Å². The molecule has 2 atom stereocenters. The predicted octanol–water partition coefficient (Wildman–Crippen LogP) is 3.87. The smallest absolute Gasteiger partial charge is 0.263 e. The van der Waals surface area contributed by atoms with E-state index in [9.17, 15) is 4.79 Å². The summed E-state index contributed by atoms with van der Waals surface area (Å²) in [6.07, 6.45) is 2.08. The third-order valence-electron chi connectivity index (χ3n) is 4.85. The molecule has 3 heterocycles. The zero-order valence-electron chi connectivity index (χ0n) is 14.2. The van der Waals surface area contributed by atoms with Crippen LogP contribution >= 0.6 is 11.3 Å². The highest BCUT2D eigenvalue weighted by atomic mass is 32.1. The van der Waals surface area contributed by atoms with Gasteiger partial charge in [0.05, 0.1) is 9.75 Å². The maximum atomic E-state index is 12.8. The van der Waals surface area contributed by atoms with E-state index in [0.29, 0.717) is 12.1 Å². The lowest BCUT2D eigenvalue weighted by Crippen LogP contribution is -2.47. The van der Waals surface area contributed by atoms with Gasteiger partial charge in [-0.25, -0.2) is 0 Å². The molecule has 1 aliphatic heterocycles. The van der Waals surface area contributed by atoms with Crippen LogP contribution in [0.2, 0.25) is 0 Å². The van der Waals surface area contributed by atoms with Gasteiger partial charge >= 0.3 is 0 Å². The van der Waals surface area contributed by atoms with Crippen LogP contribution in [0.25, 0.3) is 10.6 Å². The van der Waals surface area contributed by atoms with E-state index in [0.717, 1.165) is 40.7 Å². The zero-order valence-corrected chi connectivity index (χ0v) is 15.0. The van der Waals surface area contributed by atoms with Crippen molar-refractivity contribution in [1.82, 2.24) is 9.80 Å². The van der Waals surface area contributed by atoms with E-state index in [4.69, 9.17) is 4.42 Å². The predicted molar refractivity (Wildman–Crippen MR) is 94.0 cm³/mol. The molecule has 0 aliphatic carbocycles. The number of likely N-dealkylation sites (tertiary alicyclic amines) is 1. The van der Waals surface area contributed by atoms with Crippen LogP contribution in [0.1, 0.15) is 35.2 Å². The van der Waals surface area contributed by atoms with Crippen molar-refractivity contribution in [3.8, 4) is 10.6 Å². The number of nitrogens with zero attached hydrogens (tertiary/aromatic N) is 2. The number of hydrogen-bond acceptors (Lipinski definition) is 4. The van der Waals surface area contributed by atoms with Gasteiger partial charge in [-0.2, -0.15) is 0 Å². The average Bonchev–Trinajstić information content (AvgIpc) is 3.17. The Hall–Kier alpha value is -1.59. The van der Waals surface area contributed by atoms with E-state index in [-0.39, 0.29) is 5.91 Å². The first-order valence-electron chi connectivity index (χ1n) is 8.09. The fourth-order valence-corrected chi connectivity index (χ4v) is 4.06. The van der Waals surface area contributed by atoms with Crippen molar-refractivity contribution in [2.45, 2.75) is 38.8 Å². The second-order valence-electron chi connectivity index (χ2n) is 6.50. The molecule has 1 saturated heterocycles. The highest BCUT2D eigenvalue weighted by Crippen LogP contribution is 2.31. The van der Waals surface area contributed by atoms with E-state index in [1.165, 1.54) is 11.3 Å². The molecule has 0 spiro atoms. The lowest BCUT2D eigenvalue weighted by Gasteiger charge is -2.39. The van der Waals surface area contributed by atoms with E-state index in [2.05, 4.69) is 18.9 Å². The van der Waals surface area contributed by atoms with Gasteiger partial charge < -0.3 is 14.2 Å². The fourth-order valence-electron chi connectivity index (χ4n) is 3.11. The Bertz CT molecular complexity index is 691. The Morgan fingerprint density at radius 1 is 1.35 bits per heavy atom. The van der Waals surface area contributed by atoms with Crippen LogP contribution in [0.3, 0.4) is 0 Å². The summed E-state index contributed by atoms with van der Waals surface area (Å²) in [6.45, 7) is 5.20. The molecule has 5 heteroatoms. The number of carbonyl (C=O) groups is 1. The SMILES string of the molecule is Cc1ccc(-c2ccc(C(=O)N(C)[C@H]3CCN(C)[C@@H](C)C3)s2)o1. The molecule has 2 aromatic heterocycles. The minimum absolute atomic E-state index is 0.117. The average molecular weight is 332 g/mol. The van der Waals surface area contributed by atoms with E-state index >= 15 is 0 Å². The van der Waals surface area contributed by atoms with Crippen molar-refractivity contribution in [2.24, 2.45) is 0 Å². The zero-order chi connectivity index (χ0) is 16.6. The first-order chi connectivity index (χ1) is 11.0.